The Morgan fingerprint density at radius 3 is 2.64 bits per heavy atom. The van der Waals surface area contributed by atoms with Gasteiger partial charge in [0.25, 0.3) is 0 Å². The largest absolute Gasteiger partial charge is 0.359 e. The van der Waals surface area contributed by atoms with E-state index in [-0.39, 0.29) is 0 Å². The molecule has 0 saturated carbocycles. The Morgan fingerprint density at radius 2 is 1.96 bits per heavy atom. The maximum atomic E-state index is 5.46. The van der Waals surface area contributed by atoms with E-state index in [0.29, 0.717) is 12.5 Å². The van der Waals surface area contributed by atoms with Crippen LogP contribution in [0.25, 0.3) is 0 Å². The fraction of sp³-hybridized carbons (Fsp3) is 0.789. The van der Waals surface area contributed by atoms with Crippen molar-refractivity contribution in [2.45, 2.75) is 65.3 Å². The minimum absolute atomic E-state index is 0.484. The molecule has 0 bridgehead atoms. The standard InChI is InChI=1S/C19H35N5O/c1-4-16(5-2)18-14-17(25-23-18)15-22-19(20-6-3)21-10-13-24-11-8-7-9-12-24/h14,16H,4-13,15H2,1-3H3,(H2,20,21,22). The predicted molar refractivity (Wildman–Crippen MR) is 103 cm³/mol. The number of piperidine rings is 1. The molecule has 1 aromatic heterocycles. The quantitative estimate of drug-likeness (QED) is 0.530. The Labute approximate surface area is 152 Å². The maximum Gasteiger partial charge on any atom is 0.191 e. The number of nitrogens with one attached hydrogen (secondary N) is 2. The zero-order chi connectivity index (χ0) is 17.9. The maximum absolute atomic E-state index is 5.46. The Morgan fingerprint density at radius 1 is 1.20 bits per heavy atom. The molecule has 0 amide bonds. The van der Waals surface area contributed by atoms with Crippen molar-refractivity contribution in [3.8, 4) is 0 Å². The molecule has 1 aliphatic heterocycles. The summed E-state index contributed by atoms with van der Waals surface area (Å²) in [6.07, 6.45) is 6.22. The van der Waals surface area contributed by atoms with Gasteiger partial charge in [0.15, 0.2) is 11.7 Å². The Kier molecular flexibility index (Phi) is 8.80. The molecule has 2 N–H and O–H groups in total. The van der Waals surface area contributed by atoms with E-state index in [1.54, 1.807) is 0 Å². The molecule has 1 saturated heterocycles. The third-order valence-corrected chi connectivity index (χ3v) is 4.89. The van der Waals surface area contributed by atoms with Gasteiger partial charge in [-0.3, -0.25) is 0 Å². The van der Waals surface area contributed by atoms with Gasteiger partial charge in [0.1, 0.15) is 6.54 Å². The second kappa shape index (κ2) is 11.1. The minimum Gasteiger partial charge on any atom is -0.359 e. The second-order valence-corrected chi connectivity index (χ2v) is 6.76. The van der Waals surface area contributed by atoms with Gasteiger partial charge in [-0.2, -0.15) is 0 Å². The molecule has 1 aliphatic rings. The number of hydrogen-bond donors (Lipinski definition) is 2. The van der Waals surface area contributed by atoms with Crippen LogP contribution in [-0.4, -0.2) is 48.7 Å². The van der Waals surface area contributed by atoms with Crippen molar-refractivity contribution in [2.75, 3.05) is 32.7 Å². The zero-order valence-electron chi connectivity index (χ0n) is 16.2. The van der Waals surface area contributed by atoms with Gasteiger partial charge in [-0.1, -0.05) is 25.4 Å². The summed E-state index contributed by atoms with van der Waals surface area (Å²) in [5.41, 5.74) is 1.05. The first-order chi connectivity index (χ1) is 12.3. The number of aromatic nitrogens is 1. The first kappa shape index (κ1) is 19.8. The molecule has 6 nitrogen and oxygen atoms in total. The Bertz CT molecular complexity index is 504. The van der Waals surface area contributed by atoms with Crippen LogP contribution in [0.15, 0.2) is 15.6 Å². The molecule has 1 aromatic rings. The van der Waals surface area contributed by atoms with Gasteiger partial charge in [0.05, 0.1) is 5.69 Å². The molecule has 1 fully saturated rings. The molecule has 0 spiro atoms. The van der Waals surface area contributed by atoms with E-state index in [1.807, 2.05) is 0 Å². The number of hydrogen-bond acceptors (Lipinski definition) is 4. The highest BCUT2D eigenvalue weighted by molar-refractivity contribution is 5.79. The third kappa shape index (κ3) is 6.69. The number of likely N-dealkylation sites (tertiary alicyclic amines) is 1. The highest BCUT2D eigenvalue weighted by Gasteiger charge is 2.13. The van der Waals surface area contributed by atoms with Gasteiger partial charge in [-0.25, -0.2) is 4.99 Å². The van der Waals surface area contributed by atoms with Crippen LogP contribution in [0, 0.1) is 0 Å². The van der Waals surface area contributed by atoms with E-state index in [0.717, 1.165) is 49.9 Å². The average molecular weight is 350 g/mol. The number of guanidine groups is 1. The van der Waals surface area contributed by atoms with Crippen molar-refractivity contribution in [2.24, 2.45) is 4.99 Å². The summed E-state index contributed by atoms with van der Waals surface area (Å²) in [5.74, 6) is 2.16. The molecule has 0 atom stereocenters. The van der Waals surface area contributed by atoms with Crippen molar-refractivity contribution in [1.29, 1.82) is 0 Å². The highest BCUT2D eigenvalue weighted by atomic mass is 16.5. The van der Waals surface area contributed by atoms with Crippen molar-refractivity contribution >= 4 is 5.96 Å². The lowest BCUT2D eigenvalue weighted by atomic mass is 9.99. The van der Waals surface area contributed by atoms with Gasteiger partial charge >= 0.3 is 0 Å². The van der Waals surface area contributed by atoms with Crippen molar-refractivity contribution in [1.82, 2.24) is 20.7 Å². The van der Waals surface area contributed by atoms with E-state index >= 15 is 0 Å². The van der Waals surface area contributed by atoms with Gasteiger partial charge in [0, 0.05) is 31.6 Å². The van der Waals surface area contributed by atoms with Gasteiger partial charge in [0.2, 0.25) is 0 Å². The van der Waals surface area contributed by atoms with Gasteiger partial charge in [-0.05, 0) is 45.7 Å². The molecular weight excluding hydrogens is 314 g/mol. The predicted octanol–water partition coefficient (Wildman–Crippen LogP) is 3.12. The summed E-state index contributed by atoms with van der Waals surface area (Å²) in [6, 6.07) is 2.05. The van der Waals surface area contributed by atoms with Crippen LogP contribution >= 0.6 is 0 Å². The van der Waals surface area contributed by atoms with Crippen molar-refractivity contribution in [3.63, 3.8) is 0 Å². The van der Waals surface area contributed by atoms with Crippen LogP contribution in [0.5, 0.6) is 0 Å². The van der Waals surface area contributed by atoms with Crippen LogP contribution in [0.1, 0.15) is 70.2 Å². The normalized spacial score (nSPS) is 16.4. The van der Waals surface area contributed by atoms with E-state index in [4.69, 9.17) is 4.52 Å². The Hall–Kier alpha value is -1.56. The van der Waals surface area contributed by atoms with Gasteiger partial charge in [-0.15, -0.1) is 0 Å². The molecule has 0 aromatic carbocycles. The van der Waals surface area contributed by atoms with Crippen molar-refractivity contribution in [3.05, 3.63) is 17.5 Å². The minimum atomic E-state index is 0.484. The molecular formula is C19H35N5O. The lowest BCUT2D eigenvalue weighted by molar-refractivity contribution is 0.232. The molecule has 0 radical (unpaired) electrons. The average Bonchev–Trinajstić information content (AvgIpc) is 3.10. The van der Waals surface area contributed by atoms with E-state index in [9.17, 15) is 0 Å². The van der Waals surface area contributed by atoms with E-state index in [2.05, 4.69) is 52.5 Å². The fourth-order valence-corrected chi connectivity index (χ4v) is 3.32. The lowest BCUT2D eigenvalue weighted by Gasteiger charge is -2.26. The summed E-state index contributed by atoms with van der Waals surface area (Å²) in [4.78, 5) is 7.16. The van der Waals surface area contributed by atoms with Crippen LogP contribution in [0.4, 0.5) is 0 Å². The van der Waals surface area contributed by atoms with Crippen molar-refractivity contribution < 1.29 is 4.52 Å². The topological polar surface area (TPSA) is 65.7 Å². The summed E-state index contributed by atoms with van der Waals surface area (Å²) in [6.45, 7) is 12.3. The number of rotatable bonds is 9. The summed E-state index contributed by atoms with van der Waals surface area (Å²) < 4.78 is 5.46. The third-order valence-electron chi connectivity index (χ3n) is 4.89. The number of nitrogens with zero attached hydrogens (tertiary/aromatic N) is 3. The lowest BCUT2D eigenvalue weighted by Crippen LogP contribution is -2.42. The summed E-state index contributed by atoms with van der Waals surface area (Å²) in [7, 11) is 0. The molecule has 2 rings (SSSR count). The first-order valence-corrected chi connectivity index (χ1v) is 9.96. The fourth-order valence-electron chi connectivity index (χ4n) is 3.32. The highest BCUT2D eigenvalue weighted by Crippen LogP contribution is 2.22. The van der Waals surface area contributed by atoms with Crippen LogP contribution in [-0.2, 0) is 6.54 Å². The zero-order valence-corrected chi connectivity index (χ0v) is 16.2. The van der Waals surface area contributed by atoms with E-state index < -0.39 is 0 Å². The van der Waals surface area contributed by atoms with Crippen LogP contribution in [0.2, 0.25) is 0 Å². The summed E-state index contributed by atoms with van der Waals surface area (Å²) in [5, 5.41) is 10.9. The van der Waals surface area contributed by atoms with Crippen LogP contribution < -0.4 is 10.6 Å². The second-order valence-electron chi connectivity index (χ2n) is 6.76. The Balaban J connectivity index is 1.81. The summed E-state index contributed by atoms with van der Waals surface area (Å²) >= 11 is 0. The molecule has 25 heavy (non-hydrogen) atoms. The van der Waals surface area contributed by atoms with E-state index in [1.165, 1.54) is 32.4 Å². The smallest absolute Gasteiger partial charge is 0.191 e. The monoisotopic (exact) mass is 349 g/mol. The van der Waals surface area contributed by atoms with Gasteiger partial charge < -0.3 is 20.1 Å². The molecule has 0 unspecified atom stereocenters. The number of aliphatic imine (C=N–C) groups is 1. The molecule has 142 valence electrons. The van der Waals surface area contributed by atoms with Crippen LogP contribution in [0.3, 0.4) is 0 Å². The molecule has 0 aliphatic carbocycles. The molecule has 6 heteroatoms. The SMILES string of the molecule is CCNC(=NCc1cc(C(CC)CC)no1)NCCN1CCCCC1. The molecule has 2 heterocycles. The first-order valence-electron chi connectivity index (χ1n) is 9.96.